The Morgan fingerprint density at radius 1 is 1.17 bits per heavy atom. The molecule has 1 fully saturated rings. The summed E-state index contributed by atoms with van der Waals surface area (Å²) in [5, 5.41) is 0. The summed E-state index contributed by atoms with van der Waals surface area (Å²) in [5.74, 6) is 0. The molecule has 0 saturated carbocycles. The van der Waals surface area contributed by atoms with Gasteiger partial charge in [0, 0.05) is 0 Å². The van der Waals surface area contributed by atoms with E-state index in [1.807, 2.05) is 0 Å². The molecular formula is C4H9BrSi. The molecule has 0 nitrogen and oxygen atoms in total. The molecule has 1 aliphatic heterocycles. The van der Waals surface area contributed by atoms with Gasteiger partial charge in [-0.15, -0.1) is 15.3 Å². The van der Waals surface area contributed by atoms with Crippen molar-refractivity contribution in [3.63, 3.8) is 0 Å². The summed E-state index contributed by atoms with van der Waals surface area (Å²) in [5.41, 5.74) is 0. The molecule has 0 N–H and O–H groups in total. The van der Waals surface area contributed by atoms with Crippen molar-refractivity contribution in [1.82, 2.24) is 0 Å². The lowest BCUT2D eigenvalue weighted by Crippen LogP contribution is -1.88. The summed E-state index contributed by atoms with van der Waals surface area (Å²) in [4.78, 5) is 0. The maximum Gasteiger partial charge on any atom is 0.114 e. The minimum absolute atomic E-state index is 0.237. The van der Waals surface area contributed by atoms with E-state index in [2.05, 4.69) is 15.3 Å². The van der Waals surface area contributed by atoms with Crippen molar-refractivity contribution in [3.05, 3.63) is 0 Å². The molecule has 0 radical (unpaired) electrons. The summed E-state index contributed by atoms with van der Waals surface area (Å²) in [7, 11) is -0.237. The van der Waals surface area contributed by atoms with E-state index in [9.17, 15) is 0 Å². The Bertz CT molecular complexity index is 40.8. The second-order valence-corrected chi connectivity index (χ2v) is 8.12. The van der Waals surface area contributed by atoms with Crippen LogP contribution in [0.5, 0.6) is 0 Å². The average Bonchev–Trinajstić information content (AvgIpc) is 1.86. The molecule has 2 heteroatoms. The monoisotopic (exact) mass is 164 g/mol. The molecule has 6 heavy (non-hydrogen) atoms. The van der Waals surface area contributed by atoms with Gasteiger partial charge in [-0.05, 0) is 0 Å². The van der Waals surface area contributed by atoms with Crippen LogP contribution in [0.1, 0.15) is 12.8 Å². The molecule has 0 aromatic carbocycles. The first-order valence-corrected chi connectivity index (χ1v) is 7.35. The van der Waals surface area contributed by atoms with Gasteiger partial charge in [0.1, 0.15) is 7.42 Å². The van der Waals surface area contributed by atoms with E-state index in [0.29, 0.717) is 0 Å². The standard InChI is InChI=1S/C4H9BrSi/c5-6-3-1-2-4-6/h6H,1-4H2. The zero-order valence-electron chi connectivity index (χ0n) is 3.78. The molecule has 0 bridgehead atoms. The van der Waals surface area contributed by atoms with Crippen LogP contribution in [-0.2, 0) is 0 Å². The Hall–Kier alpha value is 0.697. The molecule has 0 unspecified atom stereocenters. The van der Waals surface area contributed by atoms with Crippen molar-refractivity contribution < 1.29 is 0 Å². The maximum absolute atomic E-state index is 3.68. The molecule has 0 atom stereocenters. The molecule has 1 aliphatic rings. The fourth-order valence-electron chi connectivity index (χ4n) is 0.876. The number of rotatable bonds is 0. The molecular weight excluding hydrogens is 156 g/mol. The van der Waals surface area contributed by atoms with Gasteiger partial charge in [0.15, 0.2) is 0 Å². The minimum atomic E-state index is -0.237. The Balaban J connectivity index is 2.18. The second kappa shape index (κ2) is 2.12. The van der Waals surface area contributed by atoms with Crippen LogP contribution in [0.4, 0.5) is 0 Å². The van der Waals surface area contributed by atoms with Crippen molar-refractivity contribution in [2.24, 2.45) is 0 Å². The maximum atomic E-state index is 3.68. The van der Waals surface area contributed by atoms with Crippen LogP contribution in [0.15, 0.2) is 0 Å². The van der Waals surface area contributed by atoms with Crippen LogP contribution in [0.2, 0.25) is 12.1 Å². The lowest BCUT2D eigenvalue weighted by Gasteiger charge is -1.85. The van der Waals surface area contributed by atoms with Crippen molar-refractivity contribution in [1.29, 1.82) is 0 Å². The zero-order valence-corrected chi connectivity index (χ0v) is 6.52. The van der Waals surface area contributed by atoms with E-state index in [1.54, 1.807) is 12.1 Å². The Labute approximate surface area is 48.1 Å². The van der Waals surface area contributed by atoms with Crippen molar-refractivity contribution in [3.8, 4) is 0 Å². The summed E-state index contributed by atoms with van der Waals surface area (Å²) >= 11 is 3.68. The third-order valence-electron chi connectivity index (χ3n) is 1.28. The van der Waals surface area contributed by atoms with E-state index in [4.69, 9.17) is 0 Å². The molecule has 0 aromatic heterocycles. The van der Waals surface area contributed by atoms with Gasteiger partial charge in [0.25, 0.3) is 0 Å². The van der Waals surface area contributed by atoms with Crippen LogP contribution in [0, 0.1) is 0 Å². The van der Waals surface area contributed by atoms with E-state index < -0.39 is 0 Å². The third kappa shape index (κ3) is 1.08. The highest BCUT2D eigenvalue weighted by atomic mass is 79.9. The lowest BCUT2D eigenvalue weighted by molar-refractivity contribution is 0.935. The zero-order chi connectivity index (χ0) is 4.41. The van der Waals surface area contributed by atoms with Crippen LogP contribution < -0.4 is 0 Å². The smallest absolute Gasteiger partial charge is 0.114 e. The number of halogens is 1. The second-order valence-electron chi connectivity index (χ2n) is 1.88. The molecule has 0 aliphatic carbocycles. The first kappa shape index (κ1) is 4.85. The van der Waals surface area contributed by atoms with Crippen LogP contribution >= 0.6 is 15.3 Å². The fraction of sp³-hybridized carbons (Fsp3) is 1.00. The van der Waals surface area contributed by atoms with Gasteiger partial charge in [-0.1, -0.05) is 24.9 Å². The molecule has 1 saturated heterocycles. The van der Waals surface area contributed by atoms with E-state index in [0.717, 1.165) is 0 Å². The molecule has 1 rings (SSSR count). The van der Waals surface area contributed by atoms with Gasteiger partial charge in [-0.2, -0.15) is 0 Å². The Morgan fingerprint density at radius 2 is 1.67 bits per heavy atom. The van der Waals surface area contributed by atoms with Gasteiger partial charge in [0.2, 0.25) is 0 Å². The van der Waals surface area contributed by atoms with Gasteiger partial charge in [-0.25, -0.2) is 0 Å². The number of hydrogen-bond acceptors (Lipinski definition) is 0. The summed E-state index contributed by atoms with van der Waals surface area (Å²) in [6, 6.07) is 3.08. The molecule has 0 spiro atoms. The SMILES string of the molecule is Br[SiH]1CCCC1. The average molecular weight is 165 g/mol. The van der Waals surface area contributed by atoms with E-state index in [1.165, 1.54) is 12.8 Å². The first-order chi connectivity index (χ1) is 2.89. The predicted molar refractivity (Wildman–Crippen MR) is 34.9 cm³/mol. The molecule has 0 amide bonds. The van der Waals surface area contributed by atoms with Crippen LogP contribution in [-0.4, -0.2) is 7.42 Å². The highest BCUT2D eigenvalue weighted by Crippen LogP contribution is 2.22. The van der Waals surface area contributed by atoms with Gasteiger partial charge in [0.05, 0.1) is 0 Å². The number of hydrogen-bond donors (Lipinski definition) is 0. The van der Waals surface area contributed by atoms with Crippen LogP contribution in [0.3, 0.4) is 0 Å². The molecule has 1 heterocycles. The quantitative estimate of drug-likeness (QED) is 0.380. The van der Waals surface area contributed by atoms with Gasteiger partial charge in [-0.3, -0.25) is 0 Å². The predicted octanol–water partition coefficient (Wildman–Crippen LogP) is 1.90. The Morgan fingerprint density at radius 3 is 1.83 bits per heavy atom. The van der Waals surface area contributed by atoms with Crippen molar-refractivity contribution >= 4 is 22.7 Å². The Kier molecular flexibility index (Phi) is 1.71. The first-order valence-electron chi connectivity index (χ1n) is 2.53. The summed E-state index contributed by atoms with van der Waals surface area (Å²) < 4.78 is 0. The topological polar surface area (TPSA) is 0 Å². The molecule has 0 aromatic rings. The van der Waals surface area contributed by atoms with E-state index in [-0.39, 0.29) is 7.42 Å². The van der Waals surface area contributed by atoms with Gasteiger partial charge >= 0.3 is 0 Å². The summed E-state index contributed by atoms with van der Waals surface area (Å²) in [6.07, 6.45) is 3.00. The lowest BCUT2D eigenvalue weighted by atomic mass is 10.4. The highest BCUT2D eigenvalue weighted by Gasteiger charge is 2.11. The van der Waals surface area contributed by atoms with Crippen molar-refractivity contribution in [2.45, 2.75) is 24.9 Å². The normalized spacial score (nSPS) is 25.5. The van der Waals surface area contributed by atoms with Gasteiger partial charge < -0.3 is 0 Å². The minimum Gasteiger partial charge on any atom is -0.131 e. The fourth-order valence-corrected chi connectivity index (χ4v) is 4.57. The third-order valence-corrected chi connectivity index (χ3v) is 6.10. The highest BCUT2D eigenvalue weighted by molar-refractivity contribution is 9.24. The van der Waals surface area contributed by atoms with E-state index >= 15 is 0 Å². The van der Waals surface area contributed by atoms with Crippen molar-refractivity contribution in [2.75, 3.05) is 0 Å². The summed E-state index contributed by atoms with van der Waals surface area (Å²) in [6.45, 7) is 0. The molecule has 36 valence electrons. The van der Waals surface area contributed by atoms with Crippen LogP contribution in [0.25, 0.3) is 0 Å². The largest absolute Gasteiger partial charge is 0.131 e.